The Morgan fingerprint density at radius 2 is 1.69 bits per heavy atom. The molecule has 0 bridgehead atoms. The van der Waals surface area contributed by atoms with Crippen molar-refractivity contribution in [2.24, 2.45) is 5.92 Å². The number of ether oxygens (including phenoxy) is 3. The number of ketones is 1. The highest BCUT2D eigenvalue weighted by atomic mass is 16.5. The molecule has 138 valence electrons. The van der Waals surface area contributed by atoms with Crippen LogP contribution in [0.15, 0.2) is 30.3 Å². The van der Waals surface area contributed by atoms with Gasteiger partial charge in [0.15, 0.2) is 17.3 Å². The van der Waals surface area contributed by atoms with E-state index in [1.54, 1.807) is 14.2 Å². The van der Waals surface area contributed by atoms with Crippen LogP contribution in [-0.2, 0) is 6.42 Å². The van der Waals surface area contributed by atoms with E-state index in [-0.39, 0.29) is 5.78 Å². The van der Waals surface area contributed by atoms with Crippen LogP contribution >= 0.6 is 0 Å². The molecule has 3 rings (SSSR count). The van der Waals surface area contributed by atoms with Gasteiger partial charge in [0, 0.05) is 17.5 Å². The summed E-state index contributed by atoms with van der Waals surface area (Å²) in [6.45, 7) is 4.94. The summed E-state index contributed by atoms with van der Waals surface area (Å²) in [6.07, 6.45) is 2.29. The zero-order valence-corrected chi connectivity index (χ0v) is 15.9. The zero-order valence-electron chi connectivity index (χ0n) is 15.9. The van der Waals surface area contributed by atoms with Crippen molar-refractivity contribution in [1.82, 2.24) is 0 Å². The van der Waals surface area contributed by atoms with Crippen LogP contribution < -0.4 is 14.2 Å². The van der Waals surface area contributed by atoms with Crippen LogP contribution in [0.2, 0.25) is 0 Å². The van der Waals surface area contributed by atoms with Gasteiger partial charge in [0.05, 0.1) is 20.8 Å². The lowest BCUT2D eigenvalue weighted by Gasteiger charge is -2.19. The minimum absolute atomic E-state index is 0.213. The highest BCUT2D eigenvalue weighted by Gasteiger charge is 2.25. The molecule has 0 aromatic heterocycles. The molecule has 1 aliphatic carbocycles. The Kier molecular flexibility index (Phi) is 5.50. The molecule has 4 heteroatoms. The van der Waals surface area contributed by atoms with Gasteiger partial charge in [-0.25, -0.2) is 0 Å². The smallest absolute Gasteiger partial charge is 0.203 e. The van der Waals surface area contributed by atoms with Crippen molar-refractivity contribution in [3.05, 3.63) is 41.5 Å². The second-order valence-electron chi connectivity index (χ2n) is 6.96. The lowest BCUT2D eigenvalue weighted by atomic mass is 9.95. The fraction of sp³-hybridized carbons (Fsp3) is 0.409. The molecule has 0 N–H and O–H groups in total. The summed E-state index contributed by atoms with van der Waals surface area (Å²) in [5, 5.41) is 0. The summed E-state index contributed by atoms with van der Waals surface area (Å²) in [7, 11) is 3.24. The topological polar surface area (TPSA) is 44.8 Å². The van der Waals surface area contributed by atoms with Crippen molar-refractivity contribution in [2.45, 2.75) is 33.1 Å². The molecule has 4 nitrogen and oxygen atoms in total. The van der Waals surface area contributed by atoms with Gasteiger partial charge in [0.2, 0.25) is 5.75 Å². The summed E-state index contributed by atoms with van der Waals surface area (Å²) in [6, 6.07) is 9.78. The van der Waals surface area contributed by atoms with Crippen molar-refractivity contribution in [3.63, 3.8) is 0 Å². The second kappa shape index (κ2) is 7.81. The van der Waals surface area contributed by atoms with Gasteiger partial charge < -0.3 is 14.2 Å². The van der Waals surface area contributed by atoms with Crippen LogP contribution in [0.4, 0.5) is 0 Å². The van der Waals surface area contributed by atoms with Crippen LogP contribution in [0.1, 0.15) is 42.6 Å². The van der Waals surface area contributed by atoms with Gasteiger partial charge in [0.25, 0.3) is 0 Å². The highest BCUT2D eigenvalue weighted by Crippen LogP contribution is 2.46. The summed E-state index contributed by atoms with van der Waals surface area (Å²) in [4.78, 5) is 12.1. The molecule has 26 heavy (non-hydrogen) atoms. The third-order valence-corrected chi connectivity index (χ3v) is 4.81. The molecule has 0 saturated heterocycles. The van der Waals surface area contributed by atoms with Gasteiger partial charge in [-0.3, -0.25) is 4.79 Å². The maximum atomic E-state index is 12.1. The molecule has 0 fully saturated rings. The van der Waals surface area contributed by atoms with E-state index in [1.807, 2.05) is 30.3 Å². The fourth-order valence-corrected chi connectivity index (χ4v) is 3.39. The molecule has 0 unspecified atom stereocenters. The Balaban J connectivity index is 2.11. The fourth-order valence-electron chi connectivity index (χ4n) is 3.39. The number of methoxy groups -OCH3 is 2. The Hall–Kier alpha value is -2.49. The summed E-state index contributed by atoms with van der Waals surface area (Å²) in [5.41, 5.74) is 3.90. The monoisotopic (exact) mass is 354 g/mol. The van der Waals surface area contributed by atoms with E-state index >= 15 is 0 Å². The average Bonchev–Trinajstić information content (AvgIpc) is 3.02. The van der Waals surface area contributed by atoms with Crippen LogP contribution in [-0.4, -0.2) is 26.6 Å². The number of hydrogen-bond donors (Lipinski definition) is 0. The molecule has 1 aliphatic rings. The standard InChI is InChI=1S/C22H26O4/c1-14(2)12-13-26-21-18(9-11-20(24-3)22(21)25-4)15-6-5-7-17-16(15)8-10-19(17)23/h5-7,9,11,14H,8,10,12-13H2,1-4H3. The van der Waals surface area contributed by atoms with Gasteiger partial charge in [-0.2, -0.15) is 0 Å². The Morgan fingerprint density at radius 1 is 0.923 bits per heavy atom. The van der Waals surface area contributed by atoms with E-state index in [9.17, 15) is 4.79 Å². The van der Waals surface area contributed by atoms with Crippen molar-refractivity contribution in [2.75, 3.05) is 20.8 Å². The number of benzene rings is 2. The number of fused-ring (bicyclic) bond motifs is 1. The minimum atomic E-state index is 0.213. The van der Waals surface area contributed by atoms with Gasteiger partial charge in [0.1, 0.15) is 0 Å². The zero-order chi connectivity index (χ0) is 18.7. The van der Waals surface area contributed by atoms with E-state index in [4.69, 9.17) is 14.2 Å². The van der Waals surface area contributed by atoms with Crippen molar-refractivity contribution in [1.29, 1.82) is 0 Å². The second-order valence-corrected chi connectivity index (χ2v) is 6.96. The van der Waals surface area contributed by atoms with Crippen molar-refractivity contribution < 1.29 is 19.0 Å². The summed E-state index contributed by atoms with van der Waals surface area (Å²) >= 11 is 0. The van der Waals surface area contributed by atoms with Crippen molar-refractivity contribution >= 4 is 5.78 Å². The van der Waals surface area contributed by atoms with E-state index in [2.05, 4.69) is 13.8 Å². The third kappa shape index (κ3) is 3.41. The average molecular weight is 354 g/mol. The molecule has 0 amide bonds. The van der Waals surface area contributed by atoms with E-state index in [0.717, 1.165) is 35.1 Å². The van der Waals surface area contributed by atoms with Gasteiger partial charge in [-0.05, 0) is 42.0 Å². The molecular formula is C22H26O4. The lowest BCUT2D eigenvalue weighted by molar-refractivity contribution is 0.0994. The predicted molar refractivity (Wildman–Crippen MR) is 103 cm³/mol. The third-order valence-electron chi connectivity index (χ3n) is 4.81. The van der Waals surface area contributed by atoms with Crippen LogP contribution in [0.25, 0.3) is 11.1 Å². The minimum Gasteiger partial charge on any atom is -0.493 e. The Labute approximate surface area is 155 Å². The largest absolute Gasteiger partial charge is 0.493 e. The molecule has 0 spiro atoms. The maximum absolute atomic E-state index is 12.1. The van der Waals surface area contributed by atoms with E-state index in [0.29, 0.717) is 36.2 Å². The van der Waals surface area contributed by atoms with E-state index in [1.165, 1.54) is 0 Å². The molecule has 0 aliphatic heterocycles. The number of Topliss-reactive ketones (excluding diaryl/α,β-unsaturated/α-hetero) is 1. The number of hydrogen-bond acceptors (Lipinski definition) is 4. The predicted octanol–water partition coefficient (Wildman–Crippen LogP) is 4.92. The Bertz CT molecular complexity index is 808. The summed E-state index contributed by atoms with van der Waals surface area (Å²) in [5.74, 6) is 2.67. The van der Waals surface area contributed by atoms with Gasteiger partial charge >= 0.3 is 0 Å². The van der Waals surface area contributed by atoms with E-state index < -0.39 is 0 Å². The molecular weight excluding hydrogens is 328 g/mol. The quantitative estimate of drug-likeness (QED) is 0.707. The lowest BCUT2D eigenvalue weighted by Crippen LogP contribution is -2.05. The SMILES string of the molecule is COc1ccc(-c2cccc3c2CCC3=O)c(OCCC(C)C)c1OC. The first-order chi connectivity index (χ1) is 12.6. The molecule has 2 aromatic carbocycles. The van der Waals surface area contributed by atoms with Crippen molar-refractivity contribution in [3.8, 4) is 28.4 Å². The van der Waals surface area contributed by atoms with Gasteiger partial charge in [-0.1, -0.05) is 32.0 Å². The first-order valence-electron chi connectivity index (χ1n) is 9.10. The maximum Gasteiger partial charge on any atom is 0.203 e. The van der Waals surface area contributed by atoms with Crippen LogP contribution in [0.3, 0.4) is 0 Å². The first-order valence-corrected chi connectivity index (χ1v) is 9.10. The van der Waals surface area contributed by atoms with Gasteiger partial charge in [-0.15, -0.1) is 0 Å². The highest BCUT2D eigenvalue weighted by molar-refractivity contribution is 6.02. The first kappa shape index (κ1) is 18.3. The molecule has 0 saturated carbocycles. The number of carbonyl (C=O) groups is 1. The number of carbonyl (C=O) groups excluding carboxylic acids is 1. The molecule has 0 atom stereocenters. The normalized spacial score (nSPS) is 13.0. The van der Waals surface area contributed by atoms with Crippen LogP contribution in [0, 0.1) is 5.92 Å². The Morgan fingerprint density at radius 3 is 2.38 bits per heavy atom. The molecule has 0 heterocycles. The van der Waals surface area contributed by atoms with Crippen LogP contribution in [0.5, 0.6) is 17.2 Å². The summed E-state index contributed by atoms with van der Waals surface area (Å²) < 4.78 is 17.2. The molecule has 2 aromatic rings. The molecule has 0 radical (unpaired) electrons. The number of rotatable bonds is 7.